The van der Waals surface area contributed by atoms with Crippen molar-refractivity contribution in [2.75, 3.05) is 7.11 Å². The molecule has 1 heterocycles. The van der Waals surface area contributed by atoms with Gasteiger partial charge in [0.05, 0.1) is 7.11 Å². The van der Waals surface area contributed by atoms with Crippen molar-refractivity contribution in [3.63, 3.8) is 0 Å². The Balaban J connectivity index is 2.32. The lowest BCUT2D eigenvalue weighted by Gasteiger charge is -1.97. The minimum absolute atomic E-state index is 0.191. The van der Waals surface area contributed by atoms with Crippen LogP contribution >= 0.6 is 0 Å². The van der Waals surface area contributed by atoms with E-state index in [1.807, 2.05) is 24.3 Å². The first-order valence-electron chi connectivity index (χ1n) is 9.33. The minimum Gasteiger partial charge on any atom is -0.469 e. The molecule has 0 spiro atoms. The van der Waals surface area contributed by atoms with Crippen LogP contribution < -0.4 is 0 Å². The van der Waals surface area contributed by atoms with Crippen molar-refractivity contribution in [1.82, 2.24) is 0 Å². The van der Waals surface area contributed by atoms with E-state index in [2.05, 4.69) is 29.6 Å². The fraction of sp³-hybridized carbons (Fsp3) is 0.500. The summed E-state index contributed by atoms with van der Waals surface area (Å²) in [4.78, 5) is 11.0. The normalized spacial score (nSPS) is 12.3. The zero-order chi connectivity index (χ0) is 19.0. The number of allylic oxidation sites excluding steroid dienone is 2. The lowest BCUT2D eigenvalue weighted by Crippen LogP contribution is -1.99. The third-order valence-electron chi connectivity index (χ3n) is 3.75. The van der Waals surface area contributed by atoms with E-state index < -0.39 is 6.10 Å². The van der Waals surface area contributed by atoms with Crippen LogP contribution in [0.5, 0.6) is 0 Å². The van der Waals surface area contributed by atoms with Gasteiger partial charge < -0.3 is 14.3 Å². The molecule has 0 radical (unpaired) electrons. The molecule has 0 aliphatic carbocycles. The fourth-order valence-electron chi connectivity index (χ4n) is 2.24. The molecule has 1 rings (SSSR count). The number of unbranched alkanes of at least 4 members (excludes halogenated alkanes) is 4. The molecule has 4 heteroatoms. The Morgan fingerprint density at radius 2 is 2.04 bits per heavy atom. The first-order chi connectivity index (χ1) is 12.7. The average Bonchev–Trinajstić information content (AvgIpc) is 3.10. The number of furan rings is 1. The lowest BCUT2D eigenvalue weighted by molar-refractivity contribution is -0.140. The summed E-state index contributed by atoms with van der Waals surface area (Å²) in [5.41, 5.74) is 0. The summed E-state index contributed by atoms with van der Waals surface area (Å²) in [6, 6.07) is 3.62. The Morgan fingerprint density at radius 1 is 1.23 bits per heavy atom. The number of aliphatic hydroxyl groups excluding tert-OH is 1. The smallest absolute Gasteiger partial charge is 0.305 e. The second kappa shape index (κ2) is 14.0. The third-order valence-corrected chi connectivity index (χ3v) is 3.75. The molecule has 0 aromatic carbocycles. The Hall–Kier alpha value is -2.25. The number of ether oxygens (including phenoxy) is 1. The molecule has 1 N–H and O–H groups in total. The summed E-state index contributed by atoms with van der Waals surface area (Å²) in [7, 11) is 1.39. The molecule has 0 aliphatic rings. The predicted octanol–water partition coefficient (Wildman–Crippen LogP) is 4.88. The van der Waals surface area contributed by atoms with Crippen molar-refractivity contribution in [3.05, 3.63) is 41.9 Å². The van der Waals surface area contributed by atoms with Crippen LogP contribution in [0.25, 0.3) is 6.08 Å². The van der Waals surface area contributed by atoms with Gasteiger partial charge >= 0.3 is 5.97 Å². The highest BCUT2D eigenvalue weighted by Crippen LogP contribution is 2.10. The number of carbonyl (C=O) groups is 1. The van der Waals surface area contributed by atoms with Gasteiger partial charge in [-0.1, -0.05) is 43.9 Å². The monoisotopic (exact) mass is 358 g/mol. The van der Waals surface area contributed by atoms with Crippen molar-refractivity contribution in [2.45, 2.75) is 64.4 Å². The summed E-state index contributed by atoms with van der Waals surface area (Å²) in [5.74, 6) is 6.70. The number of esters is 1. The second-order valence-corrected chi connectivity index (χ2v) is 6.06. The highest BCUT2D eigenvalue weighted by Gasteiger charge is 1.99. The number of hydrogen-bond donors (Lipinski definition) is 1. The molecule has 0 saturated carbocycles. The standard InChI is InChI=1S/C22H30O4/c1-3-4-5-6-7-9-12-19(23)15-16-21-18-17-20(26-21)13-10-8-11-14-22(24)25-2/h7,9-10,13,17-19,23H,3-6,8,11-12,14H2,1-2H3. The summed E-state index contributed by atoms with van der Waals surface area (Å²) in [5, 5.41) is 9.87. The van der Waals surface area contributed by atoms with Crippen LogP contribution in [-0.4, -0.2) is 24.3 Å². The topological polar surface area (TPSA) is 59.7 Å². The van der Waals surface area contributed by atoms with Crippen LogP contribution in [0.2, 0.25) is 0 Å². The van der Waals surface area contributed by atoms with Gasteiger partial charge in [0, 0.05) is 12.8 Å². The van der Waals surface area contributed by atoms with Crippen molar-refractivity contribution in [2.24, 2.45) is 0 Å². The molecular weight excluding hydrogens is 328 g/mol. The van der Waals surface area contributed by atoms with Crippen LogP contribution in [0.3, 0.4) is 0 Å². The molecule has 142 valence electrons. The first kappa shape index (κ1) is 21.8. The number of carbonyl (C=O) groups excluding carboxylic acids is 1. The van der Waals surface area contributed by atoms with Gasteiger partial charge in [0.15, 0.2) is 5.76 Å². The summed E-state index contributed by atoms with van der Waals surface area (Å²) in [6.07, 6.45) is 14.4. The average molecular weight is 358 g/mol. The van der Waals surface area contributed by atoms with Crippen LogP contribution in [0, 0.1) is 11.8 Å². The molecular formula is C22H30O4. The van der Waals surface area contributed by atoms with Crippen molar-refractivity contribution in [3.8, 4) is 11.8 Å². The van der Waals surface area contributed by atoms with Gasteiger partial charge in [0.1, 0.15) is 11.9 Å². The molecule has 1 atom stereocenters. The van der Waals surface area contributed by atoms with Crippen molar-refractivity contribution >= 4 is 12.0 Å². The summed E-state index contributed by atoms with van der Waals surface area (Å²) >= 11 is 0. The van der Waals surface area contributed by atoms with Crippen molar-refractivity contribution < 1.29 is 19.1 Å². The molecule has 0 saturated heterocycles. The minimum atomic E-state index is -0.681. The molecule has 1 unspecified atom stereocenters. The Labute approximate surface area is 156 Å². The van der Waals surface area contributed by atoms with Crippen LogP contribution in [0.4, 0.5) is 0 Å². The Morgan fingerprint density at radius 3 is 2.81 bits per heavy atom. The quantitative estimate of drug-likeness (QED) is 0.265. The molecule has 1 aromatic rings. The number of methoxy groups -OCH3 is 1. The highest BCUT2D eigenvalue weighted by molar-refractivity contribution is 5.69. The lowest BCUT2D eigenvalue weighted by atomic mass is 10.1. The predicted molar refractivity (Wildman–Crippen MR) is 104 cm³/mol. The van der Waals surface area contributed by atoms with Crippen molar-refractivity contribution in [1.29, 1.82) is 0 Å². The zero-order valence-electron chi connectivity index (χ0n) is 15.9. The van der Waals surface area contributed by atoms with E-state index in [0.29, 0.717) is 24.4 Å². The molecule has 0 bridgehead atoms. The largest absolute Gasteiger partial charge is 0.469 e. The van der Waals surface area contributed by atoms with E-state index in [1.165, 1.54) is 26.4 Å². The molecule has 0 fully saturated rings. The van der Waals surface area contributed by atoms with Crippen LogP contribution in [-0.2, 0) is 9.53 Å². The van der Waals surface area contributed by atoms with Crippen LogP contribution in [0.1, 0.15) is 69.8 Å². The van der Waals surface area contributed by atoms with Gasteiger partial charge in [0.25, 0.3) is 0 Å². The maximum absolute atomic E-state index is 11.0. The maximum atomic E-state index is 11.0. The molecule has 1 aromatic heterocycles. The number of aliphatic hydroxyl groups is 1. The summed E-state index contributed by atoms with van der Waals surface area (Å²) < 4.78 is 10.2. The van der Waals surface area contributed by atoms with Gasteiger partial charge in [-0.25, -0.2) is 0 Å². The summed E-state index contributed by atoms with van der Waals surface area (Å²) in [6.45, 7) is 2.18. The number of rotatable bonds is 11. The molecule has 26 heavy (non-hydrogen) atoms. The molecule has 0 aliphatic heterocycles. The van der Waals surface area contributed by atoms with E-state index in [9.17, 15) is 9.90 Å². The first-order valence-corrected chi connectivity index (χ1v) is 9.33. The zero-order valence-corrected chi connectivity index (χ0v) is 15.9. The van der Waals surface area contributed by atoms with Gasteiger partial charge in [0.2, 0.25) is 0 Å². The number of hydrogen-bond acceptors (Lipinski definition) is 4. The van der Waals surface area contributed by atoms with E-state index in [4.69, 9.17) is 4.42 Å². The van der Waals surface area contributed by atoms with Gasteiger partial charge in [-0.15, -0.1) is 0 Å². The van der Waals surface area contributed by atoms with Gasteiger partial charge in [-0.3, -0.25) is 4.79 Å². The van der Waals surface area contributed by atoms with E-state index in [1.54, 1.807) is 6.07 Å². The second-order valence-electron chi connectivity index (χ2n) is 6.06. The van der Waals surface area contributed by atoms with Crippen LogP contribution in [0.15, 0.2) is 34.8 Å². The third kappa shape index (κ3) is 10.6. The SMILES string of the molecule is CCCCCC=CCC(O)C#Cc1ccc(C=CCCCC(=O)OC)o1. The Bertz CT molecular complexity index is 628. The molecule has 0 amide bonds. The Kier molecular flexibility index (Phi) is 11.7. The van der Waals surface area contributed by atoms with E-state index >= 15 is 0 Å². The van der Waals surface area contributed by atoms with Gasteiger partial charge in [-0.05, 0) is 49.8 Å². The maximum Gasteiger partial charge on any atom is 0.305 e. The molecule has 4 nitrogen and oxygen atoms in total. The highest BCUT2D eigenvalue weighted by atomic mass is 16.5. The fourth-order valence-corrected chi connectivity index (χ4v) is 2.24. The van der Waals surface area contributed by atoms with E-state index in [-0.39, 0.29) is 5.97 Å². The van der Waals surface area contributed by atoms with Gasteiger partial charge in [-0.2, -0.15) is 0 Å². The van der Waals surface area contributed by atoms with E-state index in [0.717, 1.165) is 19.3 Å².